The summed E-state index contributed by atoms with van der Waals surface area (Å²) in [6, 6.07) is 6.01. The van der Waals surface area contributed by atoms with Crippen molar-refractivity contribution in [2.45, 2.75) is 0 Å². The van der Waals surface area contributed by atoms with Crippen LogP contribution in [0.5, 0.6) is 0 Å². The highest BCUT2D eigenvalue weighted by atomic mass is 16.6. The summed E-state index contributed by atoms with van der Waals surface area (Å²) < 4.78 is 1.33. The lowest BCUT2D eigenvalue weighted by Gasteiger charge is -2.01. The van der Waals surface area contributed by atoms with E-state index in [2.05, 4.69) is 15.4 Å². The highest BCUT2D eigenvalue weighted by Crippen LogP contribution is 2.18. The Morgan fingerprint density at radius 1 is 1.53 bits per heavy atom. The second-order valence-electron chi connectivity index (χ2n) is 3.23. The molecule has 2 rings (SSSR count). The molecule has 1 aromatic carbocycles. The van der Waals surface area contributed by atoms with Crippen LogP contribution in [0.3, 0.4) is 0 Å². The number of hydrogen-bond donors (Lipinski definition) is 2. The van der Waals surface area contributed by atoms with Crippen LogP contribution in [0.25, 0.3) is 5.69 Å². The molecule has 8 heteroatoms. The van der Waals surface area contributed by atoms with Gasteiger partial charge in [0.15, 0.2) is 0 Å². The molecule has 0 radical (unpaired) electrons. The summed E-state index contributed by atoms with van der Waals surface area (Å²) in [4.78, 5) is 14.1. The monoisotopic (exact) mass is 234 g/mol. The van der Waals surface area contributed by atoms with Crippen LogP contribution in [-0.4, -0.2) is 26.7 Å². The van der Waals surface area contributed by atoms with E-state index in [-0.39, 0.29) is 11.6 Å². The quantitative estimate of drug-likeness (QED) is 0.600. The number of nitrogens with two attached hydrogens (primary N) is 1. The van der Waals surface area contributed by atoms with Gasteiger partial charge in [0.25, 0.3) is 5.69 Å². The number of rotatable bonds is 3. The first kappa shape index (κ1) is 10.9. The fraction of sp³-hybridized carbons (Fsp3) is 0.111. The normalized spacial score (nSPS) is 10.2. The molecule has 17 heavy (non-hydrogen) atoms. The number of nitro groups is 1. The third kappa shape index (κ3) is 2.00. The lowest BCUT2D eigenvalue weighted by atomic mass is 10.3. The van der Waals surface area contributed by atoms with E-state index in [0.717, 1.165) is 0 Å². The zero-order valence-corrected chi connectivity index (χ0v) is 8.99. The number of nitrogens with zero attached hydrogens (tertiary/aromatic N) is 4. The second kappa shape index (κ2) is 4.08. The molecule has 8 nitrogen and oxygen atoms in total. The minimum atomic E-state index is -0.477. The molecule has 0 saturated carbocycles. The Morgan fingerprint density at radius 3 is 2.88 bits per heavy atom. The molecule has 1 heterocycles. The van der Waals surface area contributed by atoms with Gasteiger partial charge in [-0.3, -0.25) is 10.1 Å². The number of non-ortho nitro benzene ring substituents is 1. The maximum absolute atomic E-state index is 10.6. The van der Waals surface area contributed by atoms with E-state index in [1.807, 2.05) is 0 Å². The third-order valence-electron chi connectivity index (χ3n) is 2.14. The molecule has 0 amide bonds. The van der Waals surface area contributed by atoms with Crippen molar-refractivity contribution in [3.8, 4) is 5.69 Å². The maximum Gasteiger partial charge on any atom is 0.271 e. The topological polar surface area (TPSA) is 112 Å². The van der Waals surface area contributed by atoms with Gasteiger partial charge in [-0.05, 0) is 6.07 Å². The molecular formula is C9H10N6O2. The van der Waals surface area contributed by atoms with Gasteiger partial charge >= 0.3 is 0 Å². The van der Waals surface area contributed by atoms with Gasteiger partial charge in [0, 0.05) is 19.2 Å². The number of nitrogens with one attached hydrogen (secondary N) is 1. The average molecular weight is 234 g/mol. The summed E-state index contributed by atoms with van der Waals surface area (Å²) in [5.41, 5.74) is 6.12. The van der Waals surface area contributed by atoms with Crippen LogP contribution in [-0.2, 0) is 0 Å². The Kier molecular flexibility index (Phi) is 2.61. The van der Waals surface area contributed by atoms with Gasteiger partial charge in [0.05, 0.1) is 10.6 Å². The molecule has 0 atom stereocenters. The molecule has 0 aliphatic rings. The number of benzene rings is 1. The van der Waals surface area contributed by atoms with Crippen LogP contribution in [0.15, 0.2) is 24.3 Å². The van der Waals surface area contributed by atoms with Crippen molar-refractivity contribution in [2.24, 2.45) is 0 Å². The molecular weight excluding hydrogens is 224 g/mol. The summed E-state index contributed by atoms with van der Waals surface area (Å²) in [7, 11) is 1.66. The van der Waals surface area contributed by atoms with E-state index in [4.69, 9.17) is 5.73 Å². The summed E-state index contributed by atoms with van der Waals surface area (Å²) >= 11 is 0. The molecule has 0 fully saturated rings. The van der Waals surface area contributed by atoms with E-state index < -0.39 is 4.92 Å². The Labute approximate surface area is 96.2 Å². The van der Waals surface area contributed by atoms with Crippen molar-refractivity contribution in [3.05, 3.63) is 34.4 Å². The van der Waals surface area contributed by atoms with Crippen LogP contribution in [0.1, 0.15) is 0 Å². The lowest BCUT2D eigenvalue weighted by Crippen LogP contribution is -2.03. The highest BCUT2D eigenvalue weighted by molar-refractivity contribution is 5.47. The van der Waals surface area contributed by atoms with Crippen molar-refractivity contribution in [2.75, 3.05) is 18.1 Å². The fourth-order valence-corrected chi connectivity index (χ4v) is 1.36. The predicted molar refractivity (Wildman–Crippen MR) is 62.0 cm³/mol. The number of aromatic nitrogens is 3. The number of nitro benzene ring substituents is 1. The average Bonchev–Trinajstić information content (AvgIpc) is 2.71. The van der Waals surface area contributed by atoms with Crippen molar-refractivity contribution < 1.29 is 4.92 Å². The summed E-state index contributed by atoms with van der Waals surface area (Å²) in [5.74, 6) is 0.517. The van der Waals surface area contributed by atoms with Crippen LogP contribution in [0, 0.1) is 10.1 Å². The van der Waals surface area contributed by atoms with Gasteiger partial charge in [-0.2, -0.15) is 9.67 Å². The van der Waals surface area contributed by atoms with Gasteiger partial charge in [-0.15, -0.1) is 5.10 Å². The third-order valence-corrected chi connectivity index (χ3v) is 2.14. The Hall–Kier alpha value is -2.64. The van der Waals surface area contributed by atoms with Gasteiger partial charge in [-0.25, -0.2) is 0 Å². The Morgan fingerprint density at radius 2 is 2.29 bits per heavy atom. The first-order chi connectivity index (χ1) is 8.11. The van der Waals surface area contributed by atoms with Crippen molar-refractivity contribution >= 4 is 17.6 Å². The number of nitrogen functional groups attached to an aromatic ring is 1. The highest BCUT2D eigenvalue weighted by Gasteiger charge is 2.11. The smallest absolute Gasteiger partial charge is 0.271 e. The molecule has 0 unspecified atom stereocenters. The summed E-state index contributed by atoms with van der Waals surface area (Å²) in [6.45, 7) is 0. The fourth-order valence-electron chi connectivity index (χ4n) is 1.36. The van der Waals surface area contributed by atoms with Crippen LogP contribution < -0.4 is 11.1 Å². The molecule has 0 spiro atoms. The maximum atomic E-state index is 10.6. The zero-order chi connectivity index (χ0) is 12.4. The van der Waals surface area contributed by atoms with Gasteiger partial charge < -0.3 is 11.1 Å². The van der Waals surface area contributed by atoms with Crippen molar-refractivity contribution in [3.63, 3.8) is 0 Å². The van der Waals surface area contributed by atoms with E-state index in [0.29, 0.717) is 11.6 Å². The Balaban J connectivity index is 2.48. The summed E-state index contributed by atoms with van der Waals surface area (Å²) in [5, 5.41) is 17.4. The first-order valence-corrected chi connectivity index (χ1v) is 4.77. The van der Waals surface area contributed by atoms with Crippen molar-refractivity contribution in [1.82, 2.24) is 14.8 Å². The van der Waals surface area contributed by atoms with Gasteiger partial charge in [-0.1, -0.05) is 6.07 Å². The first-order valence-electron chi connectivity index (χ1n) is 4.77. The second-order valence-corrected chi connectivity index (χ2v) is 3.23. The Bertz CT molecular complexity index is 564. The zero-order valence-electron chi connectivity index (χ0n) is 8.99. The van der Waals surface area contributed by atoms with Crippen LogP contribution in [0.4, 0.5) is 17.6 Å². The number of anilines is 2. The van der Waals surface area contributed by atoms with E-state index in [1.54, 1.807) is 19.2 Å². The molecule has 0 saturated heterocycles. The van der Waals surface area contributed by atoms with Crippen LogP contribution >= 0.6 is 0 Å². The van der Waals surface area contributed by atoms with Crippen molar-refractivity contribution in [1.29, 1.82) is 0 Å². The van der Waals surface area contributed by atoms with Crippen LogP contribution in [0.2, 0.25) is 0 Å². The molecule has 2 aromatic rings. The SMILES string of the molecule is CNc1nc(N)n(-c2cccc([N+](=O)[O-])c2)n1. The molecule has 88 valence electrons. The molecule has 0 aliphatic carbocycles. The minimum Gasteiger partial charge on any atom is -0.368 e. The molecule has 0 aliphatic heterocycles. The standard InChI is InChI=1S/C9H10N6O2/c1-11-9-12-8(10)14(13-9)6-3-2-4-7(5-6)15(16)17/h2-5H,1H3,(H3,10,11,12,13). The largest absolute Gasteiger partial charge is 0.368 e. The van der Waals surface area contributed by atoms with E-state index in [9.17, 15) is 10.1 Å². The predicted octanol–water partition coefficient (Wildman–Crippen LogP) is 0.799. The van der Waals surface area contributed by atoms with E-state index in [1.165, 1.54) is 16.8 Å². The molecule has 0 bridgehead atoms. The number of hydrogen-bond acceptors (Lipinski definition) is 6. The summed E-state index contributed by atoms with van der Waals surface area (Å²) in [6.07, 6.45) is 0. The van der Waals surface area contributed by atoms with Gasteiger partial charge in [0.1, 0.15) is 0 Å². The van der Waals surface area contributed by atoms with E-state index >= 15 is 0 Å². The molecule has 3 N–H and O–H groups in total. The lowest BCUT2D eigenvalue weighted by molar-refractivity contribution is -0.384. The molecule has 1 aromatic heterocycles. The minimum absolute atomic E-state index is 0.0246. The van der Waals surface area contributed by atoms with Gasteiger partial charge in [0.2, 0.25) is 11.9 Å².